The number of thioether (sulfide) groups is 1. The van der Waals surface area contributed by atoms with Gasteiger partial charge in [-0.15, -0.1) is 11.8 Å². The van der Waals surface area contributed by atoms with Crippen LogP contribution in [0.3, 0.4) is 0 Å². The summed E-state index contributed by atoms with van der Waals surface area (Å²) >= 11 is 1.84. The van der Waals surface area contributed by atoms with Crippen LogP contribution in [0.5, 0.6) is 0 Å². The molecule has 1 aliphatic rings. The van der Waals surface area contributed by atoms with Crippen molar-refractivity contribution in [2.75, 3.05) is 6.54 Å². The van der Waals surface area contributed by atoms with Gasteiger partial charge in [0.2, 0.25) is 0 Å². The van der Waals surface area contributed by atoms with Crippen molar-refractivity contribution < 1.29 is 9.90 Å². The molecule has 0 bridgehead atoms. The van der Waals surface area contributed by atoms with Gasteiger partial charge in [-0.25, -0.2) is 0 Å². The lowest BCUT2D eigenvalue weighted by atomic mass is 9.81. The van der Waals surface area contributed by atoms with Crippen molar-refractivity contribution in [1.82, 2.24) is 5.32 Å². The number of aryl methyl sites for hydroxylation is 2. The maximum atomic E-state index is 11.7. The highest BCUT2D eigenvalue weighted by Gasteiger charge is 2.42. The van der Waals surface area contributed by atoms with Gasteiger partial charge in [0.1, 0.15) is 5.54 Å². The maximum absolute atomic E-state index is 11.7. The lowest BCUT2D eigenvalue weighted by molar-refractivity contribution is -0.146. The molecule has 2 rings (SSSR count). The van der Waals surface area contributed by atoms with Gasteiger partial charge in [0.15, 0.2) is 0 Å². The van der Waals surface area contributed by atoms with E-state index in [1.807, 2.05) is 18.7 Å². The Hall–Kier alpha value is -1.00. The van der Waals surface area contributed by atoms with E-state index in [1.165, 1.54) is 16.0 Å². The maximum Gasteiger partial charge on any atom is 0.323 e. The fourth-order valence-corrected chi connectivity index (χ4v) is 4.61. The lowest BCUT2D eigenvalue weighted by Crippen LogP contribution is -2.55. The molecule has 0 aromatic heterocycles. The predicted molar refractivity (Wildman–Crippen MR) is 88.1 cm³/mol. The Morgan fingerprint density at radius 1 is 1.48 bits per heavy atom. The van der Waals surface area contributed by atoms with E-state index in [2.05, 4.69) is 37.4 Å². The Labute approximate surface area is 131 Å². The first kappa shape index (κ1) is 16.4. The average molecular weight is 307 g/mol. The number of carboxylic acids is 1. The Morgan fingerprint density at radius 3 is 2.86 bits per heavy atom. The number of carbonyl (C=O) groups is 1. The molecule has 1 aliphatic carbocycles. The highest BCUT2D eigenvalue weighted by Crippen LogP contribution is 2.39. The summed E-state index contributed by atoms with van der Waals surface area (Å²) in [7, 11) is 0. The topological polar surface area (TPSA) is 49.3 Å². The van der Waals surface area contributed by atoms with Crippen molar-refractivity contribution in [3.63, 3.8) is 0 Å². The number of hydrogen-bond acceptors (Lipinski definition) is 3. The van der Waals surface area contributed by atoms with E-state index in [4.69, 9.17) is 0 Å². The van der Waals surface area contributed by atoms with Gasteiger partial charge in [-0.3, -0.25) is 4.79 Å². The number of hydrogen-bond donors (Lipinski definition) is 2. The quantitative estimate of drug-likeness (QED) is 0.869. The second kappa shape index (κ2) is 6.84. The zero-order chi connectivity index (χ0) is 15.5. The summed E-state index contributed by atoms with van der Waals surface area (Å²) in [6, 6.07) is 6.49. The average Bonchev–Trinajstić information content (AvgIpc) is 2.42. The molecule has 2 unspecified atom stereocenters. The van der Waals surface area contributed by atoms with Crippen molar-refractivity contribution in [3.8, 4) is 0 Å². The fourth-order valence-electron chi connectivity index (χ4n) is 3.20. The largest absolute Gasteiger partial charge is 0.480 e. The minimum atomic E-state index is -0.733. The molecule has 2 atom stereocenters. The van der Waals surface area contributed by atoms with Crippen LogP contribution in [0.1, 0.15) is 43.7 Å². The molecule has 0 spiro atoms. The third-order valence-corrected chi connectivity index (χ3v) is 5.70. The van der Waals surface area contributed by atoms with Gasteiger partial charge in [0.25, 0.3) is 0 Å². The lowest BCUT2D eigenvalue weighted by Gasteiger charge is -2.38. The van der Waals surface area contributed by atoms with Crippen LogP contribution in [0.25, 0.3) is 0 Å². The summed E-state index contributed by atoms with van der Waals surface area (Å²) in [5.41, 5.74) is 1.83. The number of nitrogens with one attached hydrogen (secondary N) is 1. The first-order valence-electron chi connectivity index (χ1n) is 7.69. The molecule has 0 saturated heterocycles. The number of likely N-dealkylation sites (N-methyl/N-ethyl adjacent to an activating group) is 1. The molecule has 0 aliphatic heterocycles. The van der Waals surface area contributed by atoms with E-state index in [1.54, 1.807) is 0 Å². The van der Waals surface area contributed by atoms with E-state index in [0.717, 1.165) is 19.3 Å². The van der Waals surface area contributed by atoms with Gasteiger partial charge < -0.3 is 10.4 Å². The van der Waals surface area contributed by atoms with Gasteiger partial charge in [-0.2, -0.15) is 0 Å². The third-order valence-electron chi connectivity index (χ3n) is 4.25. The normalized spacial score (nSPS) is 25.8. The molecule has 0 amide bonds. The molecule has 0 radical (unpaired) electrons. The third kappa shape index (κ3) is 3.80. The van der Waals surface area contributed by atoms with Crippen LogP contribution >= 0.6 is 11.8 Å². The highest BCUT2D eigenvalue weighted by molar-refractivity contribution is 8.00. The van der Waals surface area contributed by atoms with E-state index in [9.17, 15) is 9.90 Å². The molecule has 21 heavy (non-hydrogen) atoms. The van der Waals surface area contributed by atoms with Crippen molar-refractivity contribution in [2.24, 2.45) is 0 Å². The number of rotatable bonds is 5. The van der Waals surface area contributed by atoms with Crippen LogP contribution in [-0.4, -0.2) is 28.4 Å². The van der Waals surface area contributed by atoms with Crippen molar-refractivity contribution in [3.05, 3.63) is 29.3 Å². The van der Waals surface area contributed by atoms with Crippen molar-refractivity contribution in [1.29, 1.82) is 0 Å². The number of benzene rings is 1. The number of aliphatic carboxylic acids is 1. The van der Waals surface area contributed by atoms with Gasteiger partial charge in [0, 0.05) is 10.1 Å². The van der Waals surface area contributed by atoms with Crippen LogP contribution in [0.4, 0.5) is 0 Å². The summed E-state index contributed by atoms with van der Waals surface area (Å²) in [4.78, 5) is 13.0. The SMILES string of the molecule is CCNC1(C(=O)O)CCCC(Sc2ccc(C)cc2C)C1. The molecule has 1 aromatic carbocycles. The molecule has 3 nitrogen and oxygen atoms in total. The second-order valence-corrected chi connectivity index (χ2v) is 7.36. The van der Waals surface area contributed by atoms with E-state index >= 15 is 0 Å². The molecule has 0 heterocycles. The van der Waals surface area contributed by atoms with Crippen molar-refractivity contribution in [2.45, 2.75) is 62.1 Å². The predicted octanol–water partition coefficient (Wildman–Crippen LogP) is 3.77. The first-order valence-corrected chi connectivity index (χ1v) is 8.57. The molecule has 4 heteroatoms. The second-order valence-electron chi connectivity index (χ2n) is 6.02. The highest BCUT2D eigenvalue weighted by atomic mass is 32.2. The van der Waals surface area contributed by atoms with E-state index in [-0.39, 0.29) is 0 Å². The standard InChI is InChI=1S/C17H25NO2S/c1-4-18-17(16(19)20)9-5-6-14(11-17)21-15-8-7-12(2)10-13(15)3/h7-8,10,14,18H,4-6,9,11H2,1-3H3,(H,19,20). The van der Waals surface area contributed by atoms with Gasteiger partial charge in [-0.05, 0) is 57.7 Å². The molecule has 1 saturated carbocycles. The van der Waals surface area contributed by atoms with Crippen molar-refractivity contribution >= 4 is 17.7 Å². The van der Waals surface area contributed by atoms with Gasteiger partial charge >= 0.3 is 5.97 Å². The molecule has 116 valence electrons. The summed E-state index contributed by atoms with van der Waals surface area (Å²) in [6.07, 6.45) is 3.51. The van der Waals surface area contributed by atoms with Gasteiger partial charge in [0.05, 0.1) is 0 Å². The van der Waals surface area contributed by atoms with Crippen LogP contribution in [0.2, 0.25) is 0 Å². The molecule has 1 fully saturated rings. The number of carboxylic acid groups (broad SMARTS) is 1. The molecular weight excluding hydrogens is 282 g/mol. The van der Waals surface area contributed by atoms with Crippen LogP contribution < -0.4 is 5.32 Å². The Morgan fingerprint density at radius 2 is 2.24 bits per heavy atom. The molecular formula is C17H25NO2S. The van der Waals surface area contributed by atoms with E-state index < -0.39 is 11.5 Å². The summed E-state index contributed by atoms with van der Waals surface area (Å²) in [5, 5.41) is 13.2. The van der Waals surface area contributed by atoms with Crippen LogP contribution in [0, 0.1) is 13.8 Å². The van der Waals surface area contributed by atoms with Crippen LogP contribution in [-0.2, 0) is 4.79 Å². The molecule has 2 N–H and O–H groups in total. The van der Waals surface area contributed by atoms with Gasteiger partial charge in [-0.1, -0.05) is 24.6 Å². The Bertz CT molecular complexity index is 514. The Kier molecular flexibility index (Phi) is 5.33. The fraction of sp³-hybridized carbons (Fsp3) is 0.588. The monoisotopic (exact) mass is 307 g/mol. The van der Waals surface area contributed by atoms with E-state index in [0.29, 0.717) is 18.2 Å². The Balaban J connectivity index is 2.12. The minimum Gasteiger partial charge on any atom is -0.480 e. The first-order chi connectivity index (χ1) is 9.97. The summed E-state index contributed by atoms with van der Waals surface area (Å²) in [5.74, 6) is -0.699. The zero-order valence-electron chi connectivity index (χ0n) is 13.1. The molecule has 1 aromatic rings. The summed E-state index contributed by atoms with van der Waals surface area (Å²) in [6.45, 7) is 6.91. The zero-order valence-corrected chi connectivity index (χ0v) is 13.9. The smallest absolute Gasteiger partial charge is 0.323 e. The summed E-state index contributed by atoms with van der Waals surface area (Å²) < 4.78 is 0. The minimum absolute atomic E-state index is 0.371. The van der Waals surface area contributed by atoms with Crippen LogP contribution in [0.15, 0.2) is 23.1 Å².